The zero-order valence-corrected chi connectivity index (χ0v) is 20.0. The Labute approximate surface area is 192 Å². The van der Waals surface area contributed by atoms with Crippen LogP contribution in [0.4, 0.5) is 0 Å². The molecule has 2 aromatic rings. The van der Waals surface area contributed by atoms with Gasteiger partial charge in [0.1, 0.15) is 20.2 Å². The molecule has 0 fully saturated rings. The third-order valence-corrected chi connectivity index (χ3v) is 7.14. The average Bonchev–Trinajstić information content (AvgIpc) is 2.40. The fourth-order valence-corrected chi connectivity index (χ4v) is 5.11. The average molecular weight is 400 g/mol. The number of benzene rings is 2. The van der Waals surface area contributed by atoms with Crippen LogP contribution < -0.4 is 59.1 Å². The molecule has 0 aliphatic carbocycles. The zero-order chi connectivity index (χ0) is 17.5. The number of hydrogen-bond donors (Lipinski definition) is 0. The second-order valence-corrected chi connectivity index (χ2v) is 8.56. The second kappa shape index (κ2) is 8.97. The molecule has 25 heavy (non-hydrogen) atoms. The molecule has 124 valence electrons. The molecule has 10 heteroatoms. The first-order valence-electron chi connectivity index (χ1n) is 6.55. The fraction of sp³-hybridized carbons (Fsp3) is 0.200. The summed E-state index contributed by atoms with van der Waals surface area (Å²) in [5, 5.41) is 0. The predicted octanol–water partition coefficient (Wildman–Crippen LogP) is -4.40. The van der Waals surface area contributed by atoms with E-state index in [-0.39, 0.29) is 59.1 Å². The molecule has 2 rings (SSSR count). The van der Waals surface area contributed by atoms with Crippen LogP contribution in [0.1, 0.15) is 22.3 Å². The Balaban J connectivity index is 0.00000288. The van der Waals surface area contributed by atoms with Crippen LogP contribution in [0.15, 0.2) is 48.5 Å². The maximum Gasteiger partial charge on any atom is 1.00 e. The molecule has 0 atom stereocenters. The van der Waals surface area contributed by atoms with E-state index < -0.39 is 35.4 Å². The Morgan fingerprint density at radius 3 is 1.08 bits per heavy atom. The number of hydrogen-bond acceptors (Lipinski definition) is 6. The first kappa shape index (κ1) is 25.3. The monoisotopic (exact) mass is 400 g/mol. The van der Waals surface area contributed by atoms with Gasteiger partial charge in [0.25, 0.3) is 0 Å². The third-order valence-electron chi connectivity index (χ3n) is 3.57. The van der Waals surface area contributed by atoms with Crippen LogP contribution in [-0.2, 0) is 24.3 Å². The van der Waals surface area contributed by atoms with Gasteiger partial charge in [0, 0.05) is 0 Å². The van der Waals surface area contributed by atoms with Crippen molar-refractivity contribution >= 4 is 20.2 Å². The van der Waals surface area contributed by atoms with Crippen molar-refractivity contribution in [3.8, 4) is 0 Å². The molecule has 2 aromatic carbocycles. The maximum absolute atomic E-state index is 11.9. The van der Waals surface area contributed by atoms with Gasteiger partial charge in [-0.15, -0.1) is 0 Å². The van der Waals surface area contributed by atoms with Crippen LogP contribution in [0.25, 0.3) is 0 Å². The minimum atomic E-state index is -5.57. The van der Waals surface area contributed by atoms with Gasteiger partial charge in [-0.05, 0) is 25.0 Å². The van der Waals surface area contributed by atoms with Crippen LogP contribution in [0.3, 0.4) is 0 Å². The van der Waals surface area contributed by atoms with Crippen molar-refractivity contribution < 1.29 is 85.1 Å². The van der Waals surface area contributed by atoms with Crippen molar-refractivity contribution in [2.75, 3.05) is 0 Å². The summed E-state index contributed by atoms with van der Waals surface area (Å²) in [4.78, 5) is 0. The smallest absolute Gasteiger partial charge is 0.746 e. The molecule has 0 bridgehead atoms. The maximum atomic E-state index is 11.9. The molecule has 0 aliphatic heterocycles. The Bertz CT molecular complexity index is 841. The van der Waals surface area contributed by atoms with E-state index in [9.17, 15) is 25.9 Å². The topological polar surface area (TPSA) is 114 Å². The van der Waals surface area contributed by atoms with Crippen LogP contribution in [0.2, 0.25) is 0 Å². The van der Waals surface area contributed by atoms with Crippen molar-refractivity contribution in [2.24, 2.45) is 0 Å². The van der Waals surface area contributed by atoms with Crippen molar-refractivity contribution in [3.63, 3.8) is 0 Å². The van der Waals surface area contributed by atoms with Gasteiger partial charge in [-0.2, -0.15) is 0 Å². The molecule has 0 saturated carbocycles. The molecule has 0 aromatic heterocycles. The van der Waals surface area contributed by atoms with Gasteiger partial charge in [0.2, 0.25) is 0 Å². The van der Waals surface area contributed by atoms with Crippen molar-refractivity contribution in [3.05, 3.63) is 70.8 Å². The van der Waals surface area contributed by atoms with Crippen molar-refractivity contribution in [1.82, 2.24) is 0 Å². The van der Waals surface area contributed by atoms with E-state index in [1.165, 1.54) is 48.5 Å². The molecular formula is C15H14Na2O6S2. The van der Waals surface area contributed by atoms with Gasteiger partial charge < -0.3 is 9.11 Å². The van der Waals surface area contributed by atoms with Crippen molar-refractivity contribution in [1.29, 1.82) is 0 Å². The molecule has 0 aliphatic rings. The molecule has 0 saturated heterocycles. The molecule has 0 unspecified atom stereocenters. The van der Waals surface area contributed by atoms with Crippen LogP contribution >= 0.6 is 0 Å². The van der Waals surface area contributed by atoms with Gasteiger partial charge >= 0.3 is 59.1 Å². The van der Waals surface area contributed by atoms with E-state index in [0.717, 1.165) is 11.1 Å². The van der Waals surface area contributed by atoms with E-state index in [0.29, 0.717) is 0 Å². The summed E-state index contributed by atoms with van der Waals surface area (Å²) in [5.41, 5.74) is 0.658. The summed E-state index contributed by atoms with van der Waals surface area (Å²) in [5.74, 6) is 0. The standard InChI is InChI=1S/C15H16O6S2.2Na/c1-11-3-7-13(8-4-11)15(22(16,17)18,23(19,20)21)14-9-5-12(2)6-10-14;;/h3-10H,1-2H3,(H,16,17,18)(H,19,20,21);;/q;2*+1/p-2. The van der Waals surface area contributed by atoms with Gasteiger partial charge in [-0.1, -0.05) is 59.7 Å². The van der Waals surface area contributed by atoms with Crippen molar-refractivity contribution in [2.45, 2.75) is 17.9 Å². The number of rotatable bonds is 4. The van der Waals surface area contributed by atoms with Crippen LogP contribution in [0.5, 0.6) is 0 Å². The number of aryl methyl sites for hydroxylation is 2. The third kappa shape index (κ3) is 4.76. The summed E-state index contributed by atoms with van der Waals surface area (Å²) in [6.07, 6.45) is 0. The SMILES string of the molecule is Cc1ccc(C(c2ccc(C)cc2)(S(=O)(=O)[O-])S(=O)(=O)[O-])cc1.[Na+].[Na+]. The summed E-state index contributed by atoms with van der Waals surface area (Å²) >= 11 is 0. The van der Waals surface area contributed by atoms with Gasteiger partial charge in [-0.25, -0.2) is 16.8 Å². The summed E-state index contributed by atoms with van der Waals surface area (Å²) in [7, 11) is -11.1. The fourth-order valence-electron chi connectivity index (χ4n) is 2.41. The predicted molar refractivity (Wildman–Crippen MR) is 82.5 cm³/mol. The van der Waals surface area contributed by atoms with E-state index in [1.54, 1.807) is 13.8 Å². The Morgan fingerprint density at radius 1 is 0.640 bits per heavy atom. The Kier molecular flexibility index (Phi) is 9.06. The first-order valence-corrected chi connectivity index (χ1v) is 9.37. The second-order valence-electron chi connectivity index (χ2n) is 5.26. The van der Waals surface area contributed by atoms with Gasteiger partial charge in [-0.3, -0.25) is 0 Å². The molecule has 0 heterocycles. The van der Waals surface area contributed by atoms with E-state index in [2.05, 4.69) is 0 Å². The summed E-state index contributed by atoms with van der Waals surface area (Å²) in [6.45, 7) is 3.41. The van der Waals surface area contributed by atoms with E-state index in [4.69, 9.17) is 0 Å². The Hall–Kier alpha value is 0.260. The zero-order valence-electron chi connectivity index (χ0n) is 14.4. The van der Waals surface area contributed by atoms with Crippen LogP contribution in [0, 0.1) is 13.8 Å². The quantitative estimate of drug-likeness (QED) is 0.378. The van der Waals surface area contributed by atoms with E-state index >= 15 is 0 Å². The normalized spacial score (nSPS) is 12.0. The minimum Gasteiger partial charge on any atom is -0.746 e. The first-order chi connectivity index (χ1) is 10.5. The molecular weight excluding hydrogens is 386 g/mol. The largest absolute Gasteiger partial charge is 1.00 e. The molecule has 0 spiro atoms. The van der Waals surface area contributed by atoms with Gasteiger partial charge in [0.05, 0.1) is 0 Å². The van der Waals surface area contributed by atoms with Gasteiger partial charge in [0.15, 0.2) is 4.08 Å². The minimum absolute atomic E-state index is 0. The van der Waals surface area contributed by atoms with Crippen LogP contribution in [-0.4, -0.2) is 25.9 Å². The summed E-state index contributed by atoms with van der Waals surface area (Å²) < 4.78 is 68.4. The molecule has 0 radical (unpaired) electrons. The molecule has 0 amide bonds. The molecule has 6 nitrogen and oxygen atoms in total. The molecule has 0 N–H and O–H groups in total. The van der Waals surface area contributed by atoms with E-state index in [1.807, 2.05) is 0 Å². The summed E-state index contributed by atoms with van der Waals surface area (Å²) in [6, 6.07) is 10.4. The Morgan fingerprint density at radius 2 is 0.880 bits per heavy atom.